The highest BCUT2D eigenvalue weighted by atomic mass is 32.2. The van der Waals surface area contributed by atoms with Crippen molar-refractivity contribution in [1.82, 2.24) is 19.9 Å². The van der Waals surface area contributed by atoms with E-state index in [1.807, 2.05) is 0 Å². The number of rotatable bonds is 9. The molecule has 9 N–H and O–H groups in total. The van der Waals surface area contributed by atoms with Crippen LogP contribution in [0.5, 0.6) is 5.88 Å². The summed E-state index contributed by atoms with van der Waals surface area (Å²) in [5, 5.41) is 51.0. The van der Waals surface area contributed by atoms with Crippen LogP contribution in [0.25, 0.3) is 0 Å². The van der Waals surface area contributed by atoms with E-state index in [2.05, 4.69) is 20.3 Å². The van der Waals surface area contributed by atoms with Crippen molar-refractivity contribution in [1.29, 1.82) is 5.41 Å². The standard InChI is InChI=1S/C23H27N7O6S2/c1-26-8-13-7-14(27-22-19(21(33)29-37-22)20(24)28-18(32)11-31)5-6-15(13)23(34)30-9-12-3-2-4-17(16(12)10-30)38(25,35)36/h2-7,18,26-27,31-32H,8-11H2,1H3,(H2,24,28)(H,29,33)(H2,25,35,36). The van der Waals surface area contributed by atoms with Gasteiger partial charge in [0.15, 0.2) is 0 Å². The molecule has 0 aliphatic carbocycles. The molecule has 1 unspecified atom stereocenters. The number of aromatic nitrogens is 1. The summed E-state index contributed by atoms with van der Waals surface area (Å²) >= 11 is 0.894. The number of anilines is 2. The highest BCUT2D eigenvalue weighted by molar-refractivity contribution is 7.89. The van der Waals surface area contributed by atoms with Gasteiger partial charge in [-0.15, -0.1) is 0 Å². The average molecular weight is 562 g/mol. The van der Waals surface area contributed by atoms with Gasteiger partial charge < -0.3 is 36.2 Å². The molecule has 0 radical (unpaired) electrons. The van der Waals surface area contributed by atoms with Crippen molar-refractivity contribution in [3.63, 3.8) is 0 Å². The number of fused-ring (bicyclic) bond motifs is 1. The molecule has 202 valence electrons. The maximum atomic E-state index is 13.5. The zero-order valence-electron chi connectivity index (χ0n) is 20.2. The number of benzene rings is 2. The van der Waals surface area contributed by atoms with Gasteiger partial charge in [0, 0.05) is 30.9 Å². The van der Waals surface area contributed by atoms with Crippen molar-refractivity contribution >= 4 is 44.0 Å². The minimum atomic E-state index is -3.93. The maximum Gasteiger partial charge on any atom is 0.254 e. The first-order valence-corrected chi connectivity index (χ1v) is 13.7. The number of aliphatic hydroxyl groups excluding tert-OH is 2. The summed E-state index contributed by atoms with van der Waals surface area (Å²) in [7, 11) is -2.20. The third kappa shape index (κ3) is 5.62. The average Bonchev–Trinajstić information content (AvgIpc) is 3.46. The molecule has 1 aliphatic rings. The summed E-state index contributed by atoms with van der Waals surface area (Å²) in [5.74, 6) is -1.04. The van der Waals surface area contributed by atoms with E-state index in [1.165, 1.54) is 6.07 Å². The smallest absolute Gasteiger partial charge is 0.254 e. The van der Waals surface area contributed by atoms with Gasteiger partial charge in [0.1, 0.15) is 22.6 Å². The molecule has 1 atom stereocenters. The zero-order chi connectivity index (χ0) is 27.6. The van der Waals surface area contributed by atoms with Crippen LogP contribution in [0.4, 0.5) is 10.7 Å². The third-order valence-electron chi connectivity index (χ3n) is 5.90. The molecule has 0 bridgehead atoms. The summed E-state index contributed by atoms with van der Waals surface area (Å²) in [5.41, 5.74) is 2.87. The Morgan fingerprint density at radius 1 is 1.29 bits per heavy atom. The fourth-order valence-corrected chi connectivity index (χ4v) is 5.72. The predicted octanol–water partition coefficient (Wildman–Crippen LogP) is 0.341. The number of hydrogen-bond acceptors (Lipinski definition) is 11. The van der Waals surface area contributed by atoms with Crippen LogP contribution in [0.15, 0.2) is 41.3 Å². The lowest BCUT2D eigenvalue weighted by atomic mass is 10.0. The number of primary sulfonamides is 1. The molecule has 4 rings (SSSR count). The number of carbonyl (C=O) groups is 1. The topological polar surface area (TPSA) is 214 Å². The minimum Gasteiger partial charge on any atom is -0.492 e. The van der Waals surface area contributed by atoms with E-state index in [-0.39, 0.29) is 35.3 Å². The number of nitrogens with zero attached hydrogens (tertiary/aromatic N) is 2. The van der Waals surface area contributed by atoms with Crippen LogP contribution in [0.2, 0.25) is 0 Å². The van der Waals surface area contributed by atoms with Gasteiger partial charge in [-0.3, -0.25) is 10.2 Å². The molecule has 1 amide bonds. The molecule has 2 heterocycles. The number of hydrogen-bond donors (Lipinski definition) is 8. The Balaban J connectivity index is 1.59. The minimum absolute atomic E-state index is 0.00970. The third-order valence-corrected chi connectivity index (χ3v) is 7.65. The molecular formula is C23H27N7O6S2. The lowest BCUT2D eigenvalue weighted by molar-refractivity contribution is 0.0749. The number of aliphatic hydroxyl groups is 2. The largest absolute Gasteiger partial charge is 0.492 e. The van der Waals surface area contributed by atoms with Gasteiger partial charge >= 0.3 is 0 Å². The zero-order valence-corrected chi connectivity index (χ0v) is 21.9. The van der Waals surface area contributed by atoms with E-state index in [0.29, 0.717) is 33.9 Å². The molecule has 0 saturated heterocycles. The highest BCUT2D eigenvalue weighted by Crippen LogP contribution is 2.34. The lowest BCUT2D eigenvalue weighted by Gasteiger charge is -2.19. The molecule has 38 heavy (non-hydrogen) atoms. The monoisotopic (exact) mass is 561 g/mol. The first kappa shape index (κ1) is 27.4. The molecule has 0 spiro atoms. The van der Waals surface area contributed by atoms with E-state index < -0.39 is 28.7 Å². The van der Waals surface area contributed by atoms with E-state index in [4.69, 9.17) is 15.7 Å². The van der Waals surface area contributed by atoms with Crippen molar-refractivity contribution in [2.24, 2.45) is 5.14 Å². The molecule has 0 saturated carbocycles. The Kier molecular flexibility index (Phi) is 7.96. The van der Waals surface area contributed by atoms with E-state index in [1.54, 1.807) is 42.3 Å². The Morgan fingerprint density at radius 2 is 2.05 bits per heavy atom. The molecule has 0 fully saturated rings. The van der Waals surface area contributed by atoms with Crippen LogP contribution in [-0.2, 0) is 29.7 Å². The van der Waals surface area contributed by atoms with Gasteiger partial charge in [-0.05, 0) is 59.5 Å². The number of carbonyl (C=O) groups excluding carboxylic acids is 1. The second-order valence-corrected chi connectivity index (χ2v) is 10.9. The quantitative estimate of drug-likeness (QED) is 0.102. The summed E-state index contributed by atoms with van der Waals surface area (Å²) in [4.78, 5) is 15.1. The normalized spacial score (nSPS) is 13.7. The van der Waals surface area contributed by atoms with Crippen molar-refractivity contribution in [3.05, 3.63) is 64.2 Å². The van der Waals surface area contributed by atoms with Gasteiger partial charge in [-0.2, -0.15) is 4.37 Å². The number of aromatic hydroxyl groups is 1. The number of nitrogens with one attached hydrogen (secondary N) is 4. The van der Waals surface area contributed by atoms with Gasteiger partial charge in [-0.1, -0.05) is 12.1 Å². The van der Waals surface area contributed by atoms with Crippen LogP contribution >= 0.6 is 11.5 Å². The summed E-state index contributed by atoms with van der Waals surface area (Å²) in [6.07, 6.45) is -1.39. The summed E-state index contributed by atoms with van der Waals surface area (Å²) in [6, 6.07) is 9.84. The van der Waals surface area contributed by atoms with Gasteiger partial charge in [0.25, 0.3) is 5.91 Å². The molecule has 3 aromatic rings. The van der Waals surface area contributed by atoms with Crippen LogP contribution in [0, 0.1) is 5.41 Å². The number of sulfonamides is 1. The Bertz CT molecular complexity index is 1490. The lowest BCUT2D eigenvalue weighted by Crippen LogP contribution is -2.37. The molecule has 1 aromatic heterocycles. The SMILES string of the molecule is CNCc1cc(Nc2snc(O)c2C(=N)NC(O)CO)ccc1C(=O)N1Cc2cccc(S(N)(=O)=O)c2C1. The van der Waals surface area contributed by atoms with Crippen LogP contribution in [-0.4, -0.2) is 64.6 Å². The van der Waals surface area contributed by atoms with E-state index in [0.717, 1.165) is 17.1 Å². The van der Waals surface area contributed by atoms with Crippen molar-refractivity contribution in [3.8, 4) is 5.88 Å². The van der Waals surface area contributed by atoms with Gasteiger partial charge in [0.05, 0.1) is 11.5 Å². The first-order valence-electron chi connectivity index (χ1n) is 11.3. The fraction of sp³-hybridized carbons (Fsp3) is 0.261. The molecule has 2 aromatic carbocycles. The second kappa shape index (κ2) is 11.0. The van der Waals surface area contributed by atoms with Crippen molar-refractivity contribution in [2.75, 3.05) is 19.0 Å². The summed E-state index contributed by atoms with van der Waals surface area (Å²) in [6.45, 7) is 0.0748. The van der Waals surface area contributed by atoms with Gasteiger partial charge in [-0.25, -0.2) is 13.6 Å². The number of amides is 1. The van der Waals surface area contributed by atoms with E-state index >= 15 is 0 Å². The Labute approximate surface area is 222 Å². The first-order chi connectivity index (χ1) is 18.0. The van der Waals surface area contributed by atoms with Crippen molar-refractivity contribution < 1.29 is 28.5 Å². The van der Waals surface area contributed by atoms with Gasteiger partial charge in [0.2, 0.25) is 15.9 Å². The van der Waals surface area contributed by atoms with Crippen LogP contribution in [0.3, 0.4) is 0 Å². The Morgan fingerprint density at radius 3 is 2.74 bits per heavy atom. The second-order valence-electron chi connectivity index (χ2n) is 8.56. The predicted molar refractivity (Wildman–Crippen MR) is 141 cm³/mol. The molecule has 15 heteroatoms. The van der Waals surface area contributed by atoms with Crippen LogP contribution < -0.4 is 21.1 Å². The molecule has 1 aliphatic heterocycles. The molecule has 13 nitrogen and oxygen atoms in total. The van der Waals surface area contributed by atoms with Crippen molar-refractivity contribution in [2.45, 2.75) is 30.8 Å². The Hall–Kier alpha value is -3.60. The maximum absolute atomic E-state index is 13.5. The fourth-order valence-electron chi connectivity index (χ4n) is 4.20. The molecular weight excluding hydrogens is 534 g/mol. The highest BCUT2D eigenvalue weighted by Gasteiger charge is 2.30. The van der Waals surface area contributed by atoms with Crippen LogP contribution in [0.1, 0.15) is 32.6 Å². The number of nitrogens with two attached hydrogens (primary N) is 1. The summed E-state index contributed by atoms with van der Waals surface area (Å²) < 4.78 is 27.9. The van der Waals surface area contributed by atoms with E-state index in [9.17, 15) is 23.4 Å². The number of amidine groups is 1.